The number of halogens is 1. The topological polar surface area (TPSA) is 52.0 Å². The Morgan fingerprint density at radius 1 is 1.25 bits per heavy atom. The highest BCUT2D eigenvalue weighted by atomic mass is 35.5. The Bertz CT molecular complexity index is 783. The summed E-state index contributed by atoms with van der Waals surface area (Å²) in [5.74, 6) is 0.496. The molecule has 1 fully saturated rings. The van der Waals surface area contributed by atoms with E-state index in [1.54, 1.807) is 11.8 Å². The zero-order valence-electron chi connectivity index (χ0n) is 10.4. The zero-order valence-corrected chi connectivity index (χ0v) is 12.7. The lowest BCUT2D eigenvalue weighted by Gasteiger charge is -2.07. The molecule has 0 N–H and O–H groups in total. The van der Waals surface area contributed by atoms with Gasteiger partial charge in [-0.2, -0.15) is 0 Å². The fraction of sp³-hybridized carbons (Fsp3) is 0.308. The van der Waals surface area contributed by atoms with Crippen LogP contribution in [0.2, 0.25) is 5.02 Å². The number of rotatable bonds is 1. The fourth-order valence-corrected chi connectivity index (χ4v) is 6.80. The first kappa shape index (κ1) is 12.7. The molecule has 4 rings (SSSR count). The summed E-state index contributed by atoms with van der Waals surface area (Å²) in [5, 5.41) is 1.73. The molecule has 1 saturated heterocycles. The van der Waals surface area contributed by atoms with E-state index in [1.807, 2.05) is 35.0 Å². The van der Waals surface area contributed by atoms with Crippen LogP contribution >= 0.6 is 23.4 Å². The van der Waals surface area contributed by atoms with Gasteiger partial charge in [0.15, 0.2) is 15.0 Å². The lowest BCUT2D eigenvalue weighted by molar-refractivity contribution is 0.550. The molecule has 1 aromatic heterocycles. The Morgan fingerprint density at radius 2 is 2.00 bits per heavy atom. The molecule has 0 aliphatic carbocycles. The van der Waals surface area contributed by atoms with Crippen molar-refractivity contribution in [2.45, 2.75) is 16.4 Å². The minimum absolute atomic E-state index is 0.0357. The summed E-state index contributed by atoms with van der Waals surface area (Å²) in [4.78, 5) is 4.61. The summed E-state index contributed by atoms with van der Waals surface area (Å²) in [6.45, 7) is 0. The van der Waals surface area contributed by atoms with E-state index in [2.05, 4.69) is 4.98 Å². The van der Waals surface area contributed by atoms with Crippen LogP contribution < -0.4 is 0 Å². The van der Waals surface area contributed by atoms with Crippen LogP contribution in [0, 0.1) is 0 Å². The average Bonchev–Trinajstić information content (AvgIpc) is 2.98. The van der Waals surface area contributed by atoms with Crippen LogP contribution in [0.15, 0.2) is 35.6 Å². The molecule has 2 aromatic rings. The van der Waals surface area contributed by atoms with Crippen molar-refractivity contribution in [1.29, 1.82) is 0 Å². The highest BCUT2D eigenvalue weighted by Gasteiger charge is 2.45. The van der Waals surface area contributed by atoms with Gasteiger partial charge in [0.05, 0.1) is 23.2 Å². The van der Waals surface area contributed by atoms with Crippen LogP contribution in [-0.2, 0) is 9.84 Å². The molecule has 0 radical (unpaired) electrons. The molecule has 1 aromatic carbocycles. The van der Waals surface area contributed by atoms with Crippen LogP contribution in [0.5, 0.6) is 0 Å². The first-order chi connectivity index (χ1) is 9.52. The number of imidazole rings is 1. The lowest BCUT2D eigenvalue weighted by Crippen LogP contribution is -2.11. The van der Waals surface area contributed by atoms with E-state index < -0.39 is 9.84 Å². The van der Waals surface area contributed by atoms with E-state index >= 15 is 0 Å². The number of nitrogens with zero attached hydrogens (tertiary/aromatic N) is 2. The molecule has 4 nitrogen and oxygen atoms in total. The van der Waals surface area contributed by atoms with E-state index in [0.717, 1.165) is 16.4 Å². The summed E-state index contributed by atoms with van der Waals surface area (Å²) in [5.41, 5.74) is 1.86. The Hall–Kier alpha value is -0.980. The van der Waals surface area contributed by atoms with Crippen molar-refractivity contribution in [2.24, 2.45) is 0 Å². The third kappa shape index (κ3) is 1.98. The second kappa shape index (κ2) is 4.26. The smallest absolute Gasteiger partial charge is 0.169 e. The zero-order chi connectivity index (χ0) is 13.9. The maximum Gasteiger partial charge on any atom is 0.169 e. The van der Waals surface area contributed by atoms with Crippen molar-refractivity contribution in [3.05, 3.63) is 35.5 Å². The number of thioether (sulfide) groups is 1. The molecule has 0 amide bonds. The van der Waals surface area contributed by atoms with Gasteiger partial charge in [0.2, 0.25) is 0 Å². The number of fused-ring (bicyclic) bond motifs is 3. The maximum atomic E-state index is 11.7. The Morgan fingerprint density at radius 3 is 2.75 bits per heavy atom. The van der Waals surface area contributed by atoms with Crippen LogP contribution in [0.4, 0.5) is 0 Å². The van der Waals surface area contributed by atoms with E-state index in [1.165, 1.54) is 0 Å². The molecule has 0 bridgehead atoms. The summed E-state index contributed by atoms with van der Waals surface area (Å²) < 4.78 is 25.4. The predicted molar refractivity (Wildman–Crippen MR) is 80.0 cm³/mol. The standard InChI is InChI=1S/C13H11ClN2O2S2/c14-9-3-1-8(2-4-9)10-5-16-11-6-20(17,18)7-12(11)19-13(16)15-10/h1-5,11-12H,6-7H2/t11-,12-/m1/s1. The van der Waals surface area contributed by atoms with Crippen molar-refractivity contribution in [3.8, 4) is 11.3 Å². The molecule has 2 atom stereocenters. The van der Waals surface area contributed by atoms with E-state index in [9.17, 15) is 8.42 Å². The largest absolute Gasteiger partial charge is 0.320 e. The van der Waals surface area contributed by atoms with Crippen LogP contribution in [0.3, 0.4) is 0 Å². The monoisotopic (exact) mass is 326 g/mol. The van der Waals surface area contributed by atoms with E-state index in [4.69, 9.17) is 11.6 Å². The SMILES string of the molecule is O=S1(=O)C[C@@H]2[C@@H](C1)Sc1nc(-c3ccc(Cl)cc3)cn12. The van der Waals surface area contributed by atoms with Gasteiger partial charge in [0.1, 0.15) is 0 Å². The summed E-state index contributed by atoms with van der Waals surface area (Å²) >= 11 is 7.46. The highest BCUT2D eigenvalue weighted by molar-refractivity contribution is 8.02. The first-order valence-corrected chi connectivity index (χ1v) is 9.32. The molecule has 0 saturated carbocycles. The van der Waals surface area contributed by atoms with Gasteiger partial charge in [0.25, 0.3) is 0 Å². The quantitative estimate of drug-likeness (QED) is 0.808. The van der Waals surface area contributed by atoms with Crippen molar-refractivity contribution >= 4 is 33.2 Å². The molecule has 20 heavy (non-hydrogen) atoms. The summed E-state index contributed by atoms with van der Waals surface area (Å²) in [6, 6.07) is 7.55. The normalized spacial score (nSPS) is 26.4. The molecule has 2 aliphatic heterocycles. The van der Waals surface area contributed by atoms with Gasteiger partial charge in [-0.3, -0.25) is 0 Å². The van der Waals surface area contributed by atoms with Gasteiger partial charge < -0.3 is 4.57 Å². The fourth-order valence-electron chi connectivity index (χ4n) is 2.77. The van der Waals surface area contributed by atoms with Crippen molar-refractivity contribution in [1.82, 2.24) is 9.55 Å². The minimum atomic E-state index is -2.90. The minimum Gasteiger partial charge on any atom is -0.320 e. The van der Waals surface area contributed by atoms with E-state index in [-0.39, 0.29) is 22.8 Å². The van der Waals surface area contributed by atoms with Gasteiger partial charge in [-0.05, 0) is 12.1 Å². The Labute approximate surface area is 126 Å². The number of hydrogen-bond donors (Lipinski definition) is 0. The average molecular weight is 327 g/mol. The second-order valence-electron chi connectivity index (χ2n) is 5.12. The lowest BCUT2D eigenvalue weighted by atomic mass is 10.2. The van der Waals surface area contributed by atoms with Crippen molar-refractivity contribution in [2.75, 3.05) is 11.5 Å². The van der Waals surface area contributed by atoms with Gasteiger partial charge in [-0.25, -0.2) is 13.4 Å². The Kier molecular flexibility index (Phi) is 2.71. The molecule has 7 heteroatoms. The van der Waals surface area contributed by atoms with Gasteiger partial charge in [-0.1, -0.05) is 35.5 Å². The summed E-state index contributed by atoms with van der Waals surface area (Å²) in [7, 11) is -2.90. The van der Waals surface area contributed by atoms with Crippen molar-refractivity contribution < 1.29 is 8.42 Å². The van der Waals surface area contributed by atoms with Gasteiger partial charge in [0, 0.05) is 22.0 Å². The molecule has 3 heterocycles. The Balaban J connectivity index is 1.72. The number of sulfone groups is 1. The maximum absolute atomic E-state index is 11.7. The molecular formula is C13H11ClN2O2S2. The molecule has 2 aliphatic rings. The number of aromatic nitrogens is 2. The molecule has 104 valence electrons. The second-order valence-corrected chi connectivity index (χ2v) is 8.92. The molecular weight excluding hydrogens is 316 g/mol. The van der Waals surface area contributed by atoms with Crippen molar-refractivity contribution in [3.63, 3.8) is 0 Å². The molecule has 0 spiro atoms. The highest BCUT2D eigenvalue weighted by Crippen LogP contribution is 2.45. The van der Waals surface area contributed by atoms with Crippen LogP contribution in [0.25, 0.3) is 11.3 Å². The van der Waals surface area contributed by atoms with Crippen LogP contribution in [-0.4, -0.2) is 34.7 Å². The number of benzene rings is 1. The third-order valence-electron chi connectivity index (χ3n) is 3.72. The summed E-state index contributed by atoms with van der Waals surface area (Å²) in [6.07, 6.45) is 1.96. The third-order valence-corrected chi connectivity index (χ3v) is 7.20. The predicted octanol–water partition coefficient (Wildman–Crippen LogP) is 2.65. The van der Waals surface area contributed by atoms with E-state index in [0.29, 0.717) is 5.02 Å². The van der Waals surface area contributed by atoms with Crippen LogP contribution in [0.1, 0.15) is 6.04 Å². The van der Waals surface area contributed by atoms with Gasteiger partial charge >= 0.3 is 0 Å². The first-order valence-electron chi connectivity index (χ1n) is 6.24. The number of hydrogen-bond acceptors (Lipinski definition) is 4. The van der Waals surface area contributed by atoms with Gasteiger partial charge in [-0.15, -0.1) is 0 Å². The molecule has 0 unspecified atom stereocenters.